The molecule has 0 saturated carbocycles. The van der Waals surface area contributed by atoms with E-state index in [-0.39, 0.29) is 36.6 Å². The van der Waals surface area contributed by atoms with Gasteiger partial charge in [-0.3, -0.25) is 19.3 Å². The van der Waals surface area contributed by atoms with Crippen LogP contribution in [0.15, 0.2) is 36.4 Å². The molecule has 1 aliphatic heterocycles. The maximum absolute atomic E-state index is 13.3. The number of halogens is 1. The second-order valence-corrected chi connectivity index (χ2v) is 8.35. The fourth-order valence-electron chi connectivity index (χ4n) is 3.91. The van der Waals surface area contributed by atoms with Crippen molar-refractivity contribution in [1.29, 1.82) is 0 Å². The van der Waals surface area contributed by atoms with Gasteiger partial charge < -0.3 is 19.7 Å². The van der Waals surface area contributed by atoms with Gasteiger partial charge in [0, 0.05) is 18.7 Å². The summed E-state index contributed by atoms with van der Waals surface area (Å²) in [6, 6.07) is 8.01. The summed E-state index contributed by atoms with van der Waals surface area (Å²) in [5, 5.41) is 2.89. The van der Waals surface area contributed by atoms with Crippen LogP contribution in [0.2, 0.25) is 0 Å². The van der Waals surface area contributed by atoms with Crippen LogP contribution in [-0.2, 0) is 9.59 Å². The van der Waals surface area contributed by atoms with Crippen molar-refractivity contribution in [3.63, 3.8) is 0 Å². The van der Waals surface area contributed by atoms with Crippen molar-refractivity contribution in [3.05, 3.63) is 53.3 Å². The zero-order valence-corrected chi connectivity index (χ0v) is 20.6. The van der Waals surface area contributed by atoms with Gasteiger partial charge in [-0.05, 0) is 68.9 Å². The molecule has 9 heteroatoms. The van der Waals surface area contributed by atoms with Gasteiger partial charge in [0.1, 0.15) is 23.4 Å². The number of fused-ring (bicyclic) bond motifs is 1. The molecule has 1 N–H and O–H groups in total. The number of Topliss-reactive ketones (excluding diaryl/α,β-unsaturated/α-hetero) is 1. The average Bonchev–Trinajstić information content (AvgIpc) is 2.85. The Hall–Kier alpha value is -3.46. The maximum atomic E-state index is 13.3. The molecule has 0 aromatic heterocycles. The number of benzene rings is 2. The minimum absolute atomic E-state index is 0.190. The van der Waals surface area contributed by atoms with E-state index >= 15 is 0 Å². The van der Waals surface area contributed by atoms with Crippen LogP contribution in [0.4, 0.5) is 10.1 Å². The van der Waals surface area contributed by atoms with Crippen LogP contribution in [-0.4, -0.2) is 67.9 Å². The molecule has 2 amide bonds. The molecule has 2 aromatic carbocycles. The summed E-state index contributed by atoms with van der Waals surface area (Å²) in [6.07, 6.45) is 0. The van der Waals surface area contributed by atoms with Gasteiger partial charge >= 0.3 is 0 Å². The van der Waals surface area contributed by atoms with Gasteiger partial charge in [0.15, 0.2) is 19.0 Å². The van der Waals surface area contributed by atoms with E-state index < -0.39 is 6.04 Å². The summed E-state index contributed by atoms with van der Waals surface area (Å²) in [5.41, 5.74) is 1.24. The molecule has 0 unspecified atom stereocenters. The maximum Gasteiger partial charge on any atom is 0.265 e. The molecule has 1 atom stereocenters. The predicted molar refractivity (Wildman–Crippen MR) is 131 cm³/mol. The first-order valence-electron chi connectivity index (χ1n) is 11.8. The van der Waals surface area contributed by atoms with Crippen molar-refractivity contribution in [2.75, 3.05) is 44.3 Å². The highest BCUT2D eigenvalue weighted by atomic mass is 19.1. The van der Waals surface area contributed by atoms with Gasteiger partial charge in [-0.2, -0.15) is 0 Å². The molecule has 188 valence electrons. The molecule has 0 bridgehead atoms. The van der Waals surface area contributed by atoms with Crippen molar-refractivity contribution >= 4 is 23.3 Å². The molecule has 1 aliphatic rings. The lowest BCUT2D eigenvalue weighted by Gasteiger charge is -2.33. The molecule has 0 spiro atoms. The van der Waals surface area contributed by atoms with E-state index in [0.717, 1.165) is 13.1 Å². The minimum Gasteiger partial charge on any atom is -0.485 e. The van der Waals surface area contributed by atoms with Gasteiger partial charge in [0.05, 0.1) is 5.69 Å². The van der Waals surface area contributed by atoms with E-state index in [4.69, 9.17) is 9.47 Å². The number of nitrogens with one attached hydrogen (secondary N) is 1. The Bertz CT molecular complexity index is 1090. The topological polar surface area (TPSA) is 88.2 Å². The highest BCUT2D eigenvalue weighted by Crippen LogP contribution is 2.34. The van der Waals surface area contributed by atoms with Gasteiger partial charge in [-0.1, -0.05) is 13.8 Å². The van der Waals surface area contributed by atoms with Crippen molar-refractivity contribution in [2.45, 2.75) is 33.7 Å². The number of nitrogens with zero attached hydrogens (tertiary/aromatic N) is 2. The van der Waals surface area contributed by atoms with Gasteiger partial charge in [-0.15, -0.1) is 0 Å². The Balaban J connectivity index is 1.72. The normalized spacial score (nSPS) is 13.8. The third-order valence-corrected chi connectivity index (χ3v) is 6.04. The van der Waals surface area contributed by atoms with E-state index in [1.165, 1.54) is 29.2 Å². The summed E-state index contributed by atoms with van der Waals surface area (Å²) in [6.45, 7) is 9.96. The van der Waals surface area contributed by atoms with Crippen molar-refractivity contribution in [3.8, 4) is 11.5 Å². The molecule has 0 radical (unpaired) electrons. The number of rotatable bonds is 11. The summed E-state index contributed by atoms with van der Waals surface area (Å²) in [4.78, 5) is 41.9. The molecule has 2 aromatic rings. The van der Waals surface area contributed by atoms with Crippen LogP contribution < -0.4 is 19.7 Å². The number of hydrogen-bond donors (Lipinski definition) is 1. The monoisotopic (exact) mass is 485 g/mol. The molecular formula is C26H32FN3O5. The summed E-state index contributed by atoms with van der Waals surface area (Å²) in [7, 11) is 0. The molecule has 0 aliphatic carbocycles. The van der Waals surface area contributed by atoms with Crippen molar-refractivity contribution < 1.29 is 28.2 Å². The first-order valence-corrected chi connectivity index (χ1v) is 11.8. The molecule has 8 nitrogen and oxygen atoms in total. The number of aryl methyl sites for hydroxylation is 1. The van der Waals surface area contributed by atoms with E-state index in [9.17, 15) is 18.8 Å². The van der Waals surface area contributed by atoms with Crippen molar-refractivity contribution in [2.24, 2.45) is 0 Å². The Morgan fingerprint density at radius 1 is 1.20 bits per heavy atom. The van der Waals surface area contributed by atoms with E-state index in [2.05, 4.69) is 24.1 Å². The molecule has 1 heterocycles. The van der Waals surface area contributed by atoms with Crippen LogP contribution in [0.1, 0.15) is 36.7 Å². The first-order chi connectivity index (χ1) is 16.7. The zero-order valence-electron chi connectivity index (χ0n) is 20.6. The van der Waals surface area contributed by atoms with Crippen LogP contribution >= 0.6 is 0 Å². The Morgan fingerprint density at radius 2 is 1.94 bits per heavy atom. The number of carbonyl (C=O) groups is 3. The minimum atomic E-state index is -0.787. The Labute approximate surface area is 205 Å². The van der Waals surface area contributed by atoms with Crippen LogP contribution in [0, 0.1) is 12.7 Å². The highest BCUT2D eigenvalue weighted by Gasteiger charge is 2.33. The fraction of sp³-hybridized carbons (Fsp3) is 0.423. The van der Waals surface area contributed by atoms with Gasteiger partial charge in [-0.25, -0.2) is 4.39 Å². The number of carbonyl (C=O) groups excluding carboxylic acids is 3. The molecule has 3 rings (SSSR count). The van der Waals surface area contributed by atoms with Crippen LogP contribution in [0.5, 0.6) is 11.5 Å². The molecule has 0 fully saturated rings. The Morgan fingerprint density at radius 3 is 2.63 bits per heavy atom. The van der Waals surface area contributed by atoms with Gasteiger partial charge in [0.2, 0.25) is 5.91 Å². The average molecular weight is 486 g/mol. The lowest BCUT2D eigenvalue weighted by atomic mass is 10.1. The number of ether oxygens (including phenoxy) is 2. The van der Waals surface area contributed by atoms with E-state index in [1.54, 1.807) is 26.0 Å². The number of hydrogen-bond acceptors (Lipinski definition) is 6. The highest BCUT2D eigenvalue weighted by molar-refractivity contribution is 6.05. The third kappa shape index (κ3) is 6.36. The SMILES string of the molecule is CCN(CC)CCNC(=O)[C@@H](C)N1C(=O)COc2ccc(C(=O)COc3ccc(F)cc3C)cc21. The van der Waals surface area contributed by atoms with Gasteiger partial charge in [0.25, 0.3) is 5.91 Å². The largest absolute Gasteiger partial charge is 0.485 e. The molecule has 0 saturated heterocycles. The first kappa shape index (κ1) is 26.2. The second-order valence-electron chi connectivity index (χ2n) is 8.35. The number of ketones is 1. The smallest absolute Gasteiger partial charge is 0.265 e. The van der Waals surface area contributed by atoms with E-state index in [0.29, 0.717) is 41.4 Å². The van der Waals surface area contributed by atoms with Crippen LogP contribution in [0.3, 0.4) is 0 Å². The summed E-state index contributed by atoms with van der Waals surface area (Å²) in [5.74, 6) is -0.540. The van der Waals surface area contributed by atoms with Crippen molar-refractivity contribution in [1.82, 2.24) is 10.2 Å². The number of amides is 2. The quantitative estimate of drug-likeness (QED) is 0.493. The summed E-state index contributed by atoms with van der Waals surface area (Å²) < 4.78 is 24.4. The third-order valence-electron chi connectivity index (χ3n) is 6.04. The predicted octanol–water partition coefficient (Wildman–Crippen LogP) is 2.97. The Kier molecular flexibility index (Phi) is 8.81. The number of likely N-dealkylation sites (N-methyl/N-ethyl adjacent to an activating group) is 1. The zero-order chi connectivity index (χ0) is 25.5. The molecule has 35 heavy (non-hydrogen) atoms. The number of anilines is 1. The van der Waals surface area contributed by atoms with E-state index in [1.807, 2.05) is 0 Å². The molecular weight excluding hydrogens is 453 g/mol. The standard InChI is InChI=1S/C26H32FN3O5/c1-5-29(6-2)12-11-28-26(33)18(4)30-21-14-19(7-9-24(21)35-16-25(30)32)22(31)15-34-23-10-8-20(27)13-17(23)3/h7-10,13-14,18H,5-6,11-12,15-16H2,1-4H3,(H,28,33)/t18-/m1/s1. The lowest BCUT2D eigenvalue weighted by Crippen LogP contribution is -2.52. The second kappa shape index (κ2) is 11.8. The van der Waals surface area contributed by atoms with Crippen LogP contribution in [0.25, 0.3) is 0 Å². The fourth-order valence-corrected chi connectivity index (χ4v) is 3.91. The lowest BCUT2D eigenvalue weighted by molar-refractivity contribution is -0.127. The summed E-state index contributed by atoms with van der Waals surface area (Å²) >= 11 is 0.